The van der Waals surface area contributed by atoms with Crippen molar-refractivity contribution in [2.75, 3.05) is 0 Å². The van der Waals surface area contributed by atoms with Crippen molar-refractivity contribution in [3.05, 3.63) is 52.4 Å². The second-order valence-electron chi connectivity index (χ2n) is 6.84. The van der Waals surface area contributed by atoms with E-state index >= 15 is 0 Å². The molecule has 2 aromatic rings. The smallest absolute Gasteiger partial charge is 0.127 e. The van der Waals surface area contributed by atoms with E-state index in [1.807, 2.05) is 0 Å². The summed E-state index contributed by atoms with van der Waals surface area (Å²) in [6.45, 7) is 4.44. The number of hydrogen-bond acceptors (Lipinski definition) is 3. The molecule has 4 heteroatoms. The molecule has 0 aliphatic heterocycles. The fourth-order valence-corrected chi connectivity index (χ4v) is 4.15. The Hall–Kier alpha value is -1.01. The fraction of sp³-hybridized carbons (Fsp3) is 0.474. The van der Waals surface area contributed by atoms with Crippen LogP contribution in [0.2, 0.25) is 0 Å². The Balaban J connectivity index is 1.97. The summed E-state index contributed by atoms with van der Waals surface area (Å²) in [5.74, 6) is 0.453. The van der Waals surface area contributed by atoms with Gasteiger partial charge in [0, 0.05) is 28.9 Å². The first-order valence-electron chi connectivity index (χ1n) is 8.34. The van der Waals surface area contributed by atoms with Crippen LogP contribution in [0.1, 0.15) is 56.6 Å². The van der Waals surface area contributed by atoms with Crippen LogP contribution in [-0.4, -0.2) is 6.04 Å². The van der Waals surface area contributed by atoms with Crippen molar-refractivity contribution in [3.8, 4) is 0 Å². The van der Waals surface area contributed by atoms with Crippen LogP contribution in [0.5, 0.6) is 0 Å². The molecule has 2 aromatic carbocycles. The predicted molar refractivity (Wildman–Crippen MR) is 105 cm³/mol. The van der Waals surface area contributed by atoms with Gasteiger partial charge in [-0.05, 0) is 53.6 Å². The van der Waals surface area contributed by atoms with Gasteiger partial charge in [-0.2, -0.15) is 0 Å². The van der Waals surface area contributed by atoms with E-state index in [0.29, 0.717) is 12.0 Å². The lowest BCUT2D eigenvalue weighted by atomic mass is 9.87. The van der Waals surface area contributed by atoms with E-state index in [1.165, 1.54) is 16.3 Å². The molecule has 2 unspecified atom stereocenters. The van der Waals surface area contributed by atoms with Gasteiger partial charge in [-0.15, -0.1) is 4.91 Å². The standard InChI is InChI=1S/C19H23IN2O/c1-13(14(2)21-20)15-5-6-17-12-18(8-7-16(17)11-15)19(22-23)9-3-4-10-19/h5-8,11-14,21H,3-4,9-10H2,1-2H3. The maximum absolute atomic E-state index is 11.5. The van der Waals surface area contributed by atoms with Gasteiger partial charge in [-0.3, -0.25) is 3.53 Å². The van der Waals surface area contributed by atoms with Crippen LogP contribution in [0.15, 0.2) is 41.6 Å². The number of nitrogens with one attached hydrogen (secondary N) is 1. The molecule has 0 saturated heterocycles. The van der Waals surface area contributed by atoms with Crippen molar-refractivity contribution in [3.63, 3.8) is 0 Å². The molecule has 0 heterocycles. The maximum atomic E-state index is 11.5. The molecular weight excluding hydrogens is 399 g/mol. The number of nitroso groups, excluding NO2 is 1. The number of hydrogen-bond donors (Lipinski definition) is 1. The van der Waals surface area contributed by atoms with Crippen LogP contribution in [0.3, 0.4) is 0 Å². The van der Waals surface area contributed by atoms with Crippen molar-refractivity contribution in [2.24, 2.45) is 5.18 Å². The van der Waals surface area contributed by atoms with Crippen molar-refractivity contribution in [2.45, 2.75) is 57.0 Å². The number of halogens is 1. The quantitative estimate of drug-likeness (QED) is 0.376. The van der Waals surface area contributed by atoms with Crippen molar-refractivity contribution >= 4 is 33.6 Å². The second kappa shape index (κ2) is 6.85. The van der Waals surface area contributed by atoms with Crippen LogP contribution in [-0.2, 0) is 5.54 Å². The third-order valence-corrected chi connectivity index (χ3v) is 6.44. The molecule has 122 valence electrons. The third kappa shape index (κ3) is 3.15. The van der Waals surface area contributed by atoms with Gasteiger partial charge in [0.05, 0.1) is 0 Å². The van der Waals surface area contributed by atoms with Gasteiger partial charge in [-0.25, -0.2) is 0 Å². The first-order chi connectivity index (χ1) is 11.1. The molecule has 3 rings (SSSR count). The summed E-state index contributed by atoms with van der Waals surface area (Å²) in [6.07, 6.45) is 3.97. The van der Waals surface area contributed by atoms with E-state index in [1.54, 1.807) is 0 Å². The minimum atomic E-state index is -0.486. The Bertz CT molecular complexity index is 710. The first-order valence-corrected chi connectivity index (χ1v) is 9.42. The fourth-order valence-electron chi connectivity index (χ4n) is 3.61. The summed E-state index contributed by atoms with van der Waals surface area (Å²) in [6, 6.07) is 13.5. The predicted octanol–water partition coefficient (Wildman–Crippen LogP) is 5.81. The minimum absolute atomic E-state index is 0.424. The largest absolute Gasteiger partial charge is 0.258 e. The molecular formula is C19H23IN2O. The van der Waals surface area contributed by atoms with E-state index in [9.17, 15) is 4.91 Å². The molecule has 1 saturated carbocycles. The molecule has 2 atom stereocenters. The molecule has 0 bridgehead atoms. The highest BCUT2D eigenvalue weighted by Gasteiger charge is 2.37. The summed E-state index contributed by atoms with van der Waals surface area (Å²) in [5, 5.41) is 5.95. The average molecular weight is 422 g/mol. The minimum Gasteiger partial charge on any atom is -0.258 e. The van der Waals surface area contributed by atoms with E-state index in [4.69, 9.17) is 0 Å². The number of benzene rings is 2. The Kier molecular flexibility index (Phi) is 5.01. The summed E-state index contributed by atoms with van der Waals surface area (Å²) < 4.78 is 3.29. The molecule has 3 nitrogen and oxygen atoms in total. The summed E-state index contributed by atoms with van der Waals surface area (Å²) in [4.78, 5) is 11.5. The van der Waals surface area contributed by atoms with Crippen LogP contribution in [0, 0.1) is 4.91 Å². The Labute approximate surface area is 151 Å². The van der Waals surface area contributed by atoms with Crippen LogP contribution >= 0.6 is 22.9 Å². The molecule has 1 aliphatic carbocycles. The molecule has 0 amide bonds. The lowest BCUT2D eigenvalue weighted by molar-refractivity contribution is 0.461. The lowest BCUT2D eigenvalue weighted by Gasteiger charge is -2.22. The number of nitrogens with zero attached hydrogens (tertiary/aromatic N) is 1. The highest BCUT2D eigenvalue weighted by molar-refractivity contribution is 14.1. The van der Waals surface area contributed by atoms with E-state index in [2.05, 4.69) is 81.8 Å². The monoisotopic (exact) mass is 422 g/mol. The maximum Gasteiger partial charge on any atom is 0.127 e. The van der Waals surface area contributed by atoms with Crippen LogP contribution < -0.4 is 3.53 Å². The van der Waals surface area contributed by atoms with Gasteiger partial charge in [0.25, 0.3) is 0 Å². The average Bonchev–Trinajstić information content (AvgIpc) is 3.09. The summed E-state index contributed by atoms with van der Waals surface area (Å²) >= 11 is 2.21. The van der Waals surface area contributed by atoms with Gasteiger partial charge in [0.15, 0.2) is 0 Å². The number of fused-ring (bicyclic) bond motifs is 1. The molecule has 0 radical (unpaired) electrons. The number of rotatable bonds is 5. The topological polar surface area (TPSA) is 41.5 Å². The van der Waals surface area contributed by atoms with E-state index < -0.39 is 5.54 Å². The SMILES string of the molecule is CC(NI)C(C)c1ccc2cc(C3(N=O)CCCC3)ccc2c1. The molecule has 1 N–H and O–H groups in total. The van der Waals surface area contributed by atoms with Crippen LogP contribution in [0.4, 0.5) is 0 Å². The first kappa shape index (κ1) is 16.8. The van der Waals surface area contributed by atoms with Crippen molar-refractivity contribution < 1.29 is 0 Å². The molecule has 0 aromatic heterocycles. The molecule has 0 spiro atoms. The lowest BCUT2D eigenvalue weighted by Crippen LogP contribution is -2.22. The molecule has 23 heavy (non-hydrogen) atoms. The van der Waals surface area contributed by atoms with E-state index in [-0.39, 0.29) is 0 Å². The summed E-state index contributed by atoms with van der Waals surface area (Å²) in [5.41, 5.74) is 1.94. The summed E-state index contributed by atoms with van der Waals surface area (Å²) in [7, 11) is 0. The van der Waals surface area contributed by atoms with Gasteiger partial charge in [0.1, 0.15) is 5.54 Å². The van der Waals surface area contributed by atoms with Gasteiger partial charge in [-0.1, -0.05) is 55.3 Å². The Morgan fingerprint density at radius 2 is 1.74 bits per heavy atom. The second-order valence-corrected chi connectivity index (χ2v) is 7.46. The zero-order chi connectivity index (χ0) is 16.4. The zero-order valence-electron chi connectivity index (χ0n) is 13.7. The van der Waals surface area contributed by atoms with Gasteiger partial charge >= 0.3 is 0 Å². The highest BCUT2D eigenvalue weighted by Crippen LogP contribution is 2.43. The van der Waals surface area contributed by atoms with Crippen LogP contribution in [0.25, 0.3) is 10.8 Å². The molecule has 1 aliphatic rings. The Morgan fingerprint density at radius 1 is 1.09 bits per heavy atom. The van der Waals surface area contributed by atoms with Crippen molar-refractivity contribution in [1.29, 1.82) is 0 Å². The zero-order valence-corrected chi connectivity index (χ0v) is 15.8. The van der Waals surface area contributed by atoms with Gasteiger partial charge in [0.2, 0.25) is 0 Å². The Morgan fingerprint density at radius 3 is 2.39 bits per heavy atom. The highest BCUT2D eigenvalue weighted by atomic mass is 127. The van der Waals surface area contributed by atoms with Crippen molar-refractivity contribution in [1.82, 2.24) is 3.53 Å². The molecule has 1 fully saturated rings. The normalized spacial score (nSPS) is 19.6. The third-order valence-electron chi connectivity index (χ3n) is 5.45. The van der Waals surface area contributed by atoms with Gasteiger partial charge < -0.3 is 0 Å². The van der Waals surface area contributed by atoms with E-state index in [0.717, 1.165) is 31.2 Å².